The van der Waals surface area contributed by atoms with Crippen molar-refractivity contribution in [1.29, 1.82) is 5.26 Å². The Kier molecular flexibility index (Phi) is 7.22. The third-order valence-corrected chi connectivity index (χ3v) is 7.92. The summed E-state index contributed by atoms with van der Waals surface area (Å²) in [6.07, 6.45) is 2.22. The van der Waals surface area contributed by atoms with Gasteiger partial charge in [0.2, 0.25) is 0 Å². The standard InChI is InChI=1S/C27H24F2N4O3S/c1-17(27(34,14-33-16-31-15-32-33)24-7-6-22(28)10-25(24)29)37-23-12-35-26(36-13-23)21-5-4-19-8-18(11-30)2-3-20(19)9-21/h2-10,15-17,23,26,34H,12-14H2,1H3. The van der Waals surface area contributed by atoms with Crippen LogP contribution in [0.1, 0.15) is 29.9 Å². The summed E-state index contributed by atoms with van der Waals surface area (Å²) in [5, 5.41) is 26.2. The summed E-state index contributed by atoms with van der Waals surface area (Å²) in [6, 6.07) is 16.6. The smallest absolute Gasteiger partial charge is 0.183 e. The van der Waals surface area contributed by atoms with Crippen molar-refractivity contribution >= 4 is 22.5 Å². The van der Waals surface area contributed by atoms with Gasteiger partial charge >= 0.3 is 0 Å². The highest BCUT2D eigenvalue weighted by atomic mass is 32.2. The van der Waals surface area contributed by atoms with E-state index in [1.54, 1.807) is 13.0 Å². The summed E-state index contributed by atoms with van der Waals surface area (Å²) in [5.74, 6) is -1.55. The van der Waals surface area contributed by atoms with E-state index in [0.29, 0.717) is 18.8 Å². The Balaban J connectivity index is 1.29. The molecule has 1 aliphatic rings. The number of aliphatic hydroxyl groups is 1. The molecule has 5 rings (SSSR count). The molecule has 37 heavy (non-hydrogen) atoms. The number of fused-ring (bicyclic) bond motifs is 1. The lowest BCUT2D eigenvalue weighted by atomic mass is 9.90. The fourth-order valence-electron chi connectivity index (χ4n) is 4.47. The maximum absolute atomic E-state index is 14.8. The number of aromatic nitrogens is 3. The van der Waals surface area contributed by atoms with Gasteiger partial charge in [0.1, 0.15) is 29.9 Å². The molecule has 0 bridgehead atoms. The van der Waals surface area contributed by atoms with Crippen molar-refractivity contribution in [3.8, 4) is 6.07 Å². The van der Waals surface area contributed by atoms with Crippen LogP contribution in [0.3, 0.4) is 0 Å². The molecule has 10 heteroatoms. The van der Waals surface area contributed by atoms with Crippen LogP contribution in [0.2, 0.25) is 0 Å². The van der Waals surface area contributed by atoms with Crippen molar-refractivity contribution in [2.45, 2.75) is 35.9 Å². The lowest BCUT2D eigenvalue weighted by Gasteiger charge is -2.37. The minimum atomic E-state index is -1.70. The first kappa shape index (κ1) is 25.3. The molecular weight excluding hydrogens is 498 g/mol. The average molecular weight is 523 g/mol. The largest absolute Gasteiger partial charge is 0.382 e. The van der Waals surface area contributed by atoms with Crippen molar-refractivity contribution in [2.24, 2.45) is 0 Å². The Morgan fingerprint density at radius 2 is 1.89 bits per heavy atom. The van der Waals surface area contributed by atoms with E-state index in [1.807, 2.05) is 30.3 Å². The number of nitrogens with zero attached hydrogens (tertiary/aromatic N) is 4. The molecule has 2 unspecified atom stereocenters. The predicted octanol–water partition coefficient (Wildman–Crippen LogP) is 4.70. The first-order valence-corrected chi connectivity index (χ1v) is 12.6. The Morgan fingerprint density at radius 1 is 1.14 bits per heavy atom. The van der Waals surface area contributed by atoms with E-state index in [0.717, 1.165) is 28.5 Å². The molecule has 0 saturated carbocycles. The van der Waals surface area contributed by atoms with Gasteiger partial charge in [-0.1, -0.05) is 31.2 Å². The number of ether oxygens (including phenoxy) is 2. The minimum absolute atomic E-state index is 0.0179. The maximum Gasteiger partial charge on any atom is 0.183 e. The monoisotopic (exact) mass is 522 g/mol. The number of thioether (sulfide) groups is 1. The van der Waals surface area contributed by atoms with Crippen molar-refractivity contribution in [3.05, 3.63) is 95.6 Å². The molecule has 1 fully saturated rings. The number of benzene rings is 3. The molecule has 0 radical (unpaired) electrons. The van der Waals surface area contributed by atoms with Gasteiger partial charge in [0.15, 0.2) is 6.29 Å². The molecule has 1 aromatic heterocycles. The van der Waals surface area contributed by atoms with Gasteiger partial charge < -0.3 is 14.6 Å². The second kappa shape index (κ2) is 10.6. The van der Waals surface area contributed by atoms with E-state index in [9.17, 15) is 13.9 Å². The van der Waals surface area contributed by atoms with Gasteiger partial charge in [0.25, 0.3) is 0 Å². The van der Waals surface area contributed by atoms with E-state index < -0.39 is 28.8 Å². The molecule has 1 N–H and O–H groups in total. The van der Waals surface area contributed by atoms with Gasteiger partial charge in [-0.25, -0.2) is 18.4 Å². The van der Waals surface area contributed by atoms with Gasteiger partial charge in [-0.2, -0.15) is 10.4 Å². The van der Waals surface area contributed by atoms with Crippen molar-refractivity contribution in [3.63, 3.8) is 0 Å². The second-order valence-corrected chi connectivity index (χ2v) is 10.6. The summed E-state index contributed by atoms with van der Waals surface area (Å²) in [5.41, 5.74) is -0.253. The fraction of sp³-hybridized carbons (Fsp3) is 0.296. The molecule has 1 saturated heterocycles. The van der Waals surface area contributed by atoms with Crippen LogP contribution in [0.25, 0.3) is 10.8 Å². The topological polar surface area (TPSA) is 93.2 Å². The first-order chi connectivity index (χ1) is 17.9. The average Bonchev–Trinajstić information content (AvgIpc) is 3.41. The molecule has 1 aliphatic heterocycles. The van der Waals surface area contributed by atoms with E-state index in [2.05, 4.69) is 16.2 Å². The summed E-state index contributed by atoms with van der Waals surface area (Å²) in [7, 11) is 0. The van der Waals surface area contributed by atoms with Crippen LogP contribution in [-0.4, -0.2) is 43.6 Å². The van der Waals surface area contributed by atoms with E-state index in [1.165, 1.54) is 35.2 Å². The predicted molar refractivity (Wildman–Crippen MR) is 134 cm³/mol. The minimum Gasteiger partial charge on any atom is -0.382 e. The van der Waals surface area contributed by atoms with Crippen LogP contribution < -0.4 is 0 Å². The third-order valence-electron chi connectivity index (χ3n) is 6.47. The molecule has 7 nitrogen and oxygen atoms in total. The summed E-state index contributed by atoms with van der Waals surface area (Å²) >= 11 is 1.41. The van der Waals surface area contributed by atoms with Crippen molar-refractivity contribution < 1.29 is 23.4 Å². The van der Waals surface area contributed by atoms with E-state index in [-0.39, 0.29) is 17.4 Å². The summed E-state index contributed by atoms with van der Waals surface area (Å²) < 4.78 is 41.8. The van der Waals surface area contributed by atoms with E-state index >= 15 is 0 Å². The van der Waals surface area contributed by atoms with Crippen LogP contribution in [0, 0.1) is 23.0 Å². The van der Waals surface area contributed by atoms with Crippen LogP contribution in [0.5, 0.6) is 0 Å². The zero-order chi connectivity index (χ0) is 26.0. The number of hydrogen-bond acceptors (Lipinski definition) is 7. The van der Waals surface area contributed by atoms with Gasteiger partial charge in [-0.3, -0.25) is 0 Å². The Bertz CT molecular complexity index is 1440. The summed E-state index contributed by atoms with van der Waals surface area (Å²) in [4.78, 5) is 3.90. The number of rotatable bonds is 7. The number of nitriles is 1. The van der Waals surface area contributed by atoms with Crippen LogP contribution in [-0.2, 0) is 21.6 Å². The van der Waals surface area contributed by atoms with Crippen LogP contribution >= 0.6 is 11.8 Å². The highest BCUT2D eigenvalue weighted by Crippen LogP contribution is 2.39. The van der Waals surface area contributed by atoms with Crippen molar-refractivity contribution in [1.82, 2.24) is 14.8 Å². The molecule has 2 heterocycles. The van der Waals surface area contributed by atoms with Gasteiger partial charge in [0.05, 0.1) is 36.6 Å². The molecule has 2 atom stereocenters. The number of halogens is 2. The molecule has 190 valence electrons. The van der Waals surface area contributed by atoms with E-state index in [4.69, 9.17) is 14.7 Å². The van der Waals surface area contributed by atoms with Crippen molar-refractivity contribution in [2.75, 3.05) is 13.2 Å². The molecule has 0 aliphatic carbocycles. The SMILES string of the molecule is CC(SC1COC(c2ccc3cc(C#N)ccc3c2)OC1)C(O)(Cn1cncn1)c1ccc(F)cc1F. The number of hydrogen-bond donors (Lipinski definition) is 1. The fourth-order valence-corrected chi connectivity index (χ4v) is 5.79. The normalized spacial score (nSPS) is 20.3. The second-order valence-electron chi connectivity index (χ2n) is 8.97. The molecule has 0 spiro atoms. The van der Waals surface area contributed by atoms with Gasteiger partial charge in [-0.15, -0.1) is 11.8 Å². The zero-order valence-electron chi connectivity index (χ0n) is 19.9. The van der Waals surface area contributed by atoms with Gasteiger partial charge in [-0.05, 0) is 35.0 Å². The quantitative estimate of drug-likeness (QED) is 0.376. The highest BCUT2D eigenvalue weighted by molar-refractivity contribution is 8.00. The van der Waals surface area contributed by atoms with Gasteiger partial charge in [0, 0.05) is 22.4 Å². The summed E-state index contributed by atoms with van der Waals surface area (Å²) in [6.45, 7) is 2.44. The Labute approximate surface area is 216 Å². The highest BCUT2D eigenvalue weighted by Gasteiger charge is 2.41. The molecule has 4 aromatic rings. The molecular formula is C27H24F2N4O3S. The lowest BCUT2D eigenvalue weighted by molar-refractivity contribution is -0.179. The zero-order valence-corrected chi connectivity index (χ0v) is 20.7. The Morgan fingerprint density at radius 3 is 2.59 bits per heavy atom. The Hall–Kier alpha value is -3.36. The molecule has 0 amide bonds. The third kappa shape index (κ3) is 5.36. The van der Waals surface area contributed by atoms with Crippen LogP contribution in [0.4, 0.5) is 8.78 Å². The molecule has 3 aromatic carbocycles. The lowest BCUT2D eigenvalue weighted by Crippen LogP contribution is -2.43. The first-order valence-electron chi connectivity index (χ1n) is 11.7. The maximum atomic E-state index is 14.8. The van der Waals surface area contributed by atoms with Crippen LogP contribution in [0.15, 0.2) is 67.3 Å².